The number of benzene rings is 1. The molecule has 1 aromatic carbocycles. The molecule has 1 N–H and O–H groups in total. The summed E-state index contributed by atoms with van der Waals surface area (Å²) >= 11 is 0. The van der Waals surface area contributed by atoms with E-state index in [2.05, 4.69) is 34.3 Å². The molecule has 152 valence electrons. The van der Waals surface area contributed by atoms with Gasteiger partial charge in [-0.1, -0.05) is 23.8 Å². The van der Waals surface area contributed by atoms with Crippen molar-refractivity contribution in [1.29, 1.82) is 0 Å². The van der Waals surface area contributed by atoms with Crippen molar-refractivity contribution < 1.29 is 9.59 Å². The van der Waals surface area contributed by atoms with Crippen LogP contribution in [-0.2, 0) is 9.59 Å². The zero-order chi connectivity index (χ0) is 20.5. The van der Waals surface area contributed by atoms with Gasteiger partial charge >= 0.3 is 0 Å². The summed E-state index contributed by atoms with van der Waals surface area (Å²) in [7, 11) is 0. The molecule has 2 unspecified atom stereocenters. The Labute approximate surface area is 171 Å². The number of piperazine rings is 1. The molecule has 1 saturated heterocycles. The Kier molecular flexibility index (Phi) is 5.26. The maximum atomic E-state index is 12.9. The maximum absolute atomic E-state index is 12.9. The van der Waals surface area contributed by atoms with Gasteiger partial charge in [0.1, 0.15) is 5.82 Å². The van der Waals surface area contributed by atoms with E-state index in [0.717, 1.165) is 35.7 Å². The number of carbonyl (C=O) groups excluding carboxylic acids is 2. The second kappa shape index (κ2) is 7.85. The molecule has 1 saturated carbocycles. The van der Waals surface area contributed by atoms with E-state index in [0.29, 0.717) is 19.5 Å². The van der Waals surface area contributed by atoms with Crippen LogP contribution in [0.15, 0.2) is 36.5 Å². The summed E-state index contributed by atoms with van der Waals surface area (Å²) in [6.07, 6.45) is 2.44. The number of rotatable bonds is 4. The van der Waals surface area contributed by atoms with Crippen molar-refractivity contribution in [2.45, 2.75) is 27.2 Å². The topological polar surface area (TPSA) is 65.5 Å². The summed E-state index contributed by atoms with van der Waals surface area (Å²) in [6, 6.07) is 10.0. The van der Waals surface area contributed by atoms with Gasteiger partial charge in [-0.25, -0.2) is 4.98 Å². The molecule has 0 spiro atoms. The maximum Gasteiger partial charge on any atom is 0.228 e. The van der Waals surface area contributed by atoms with Crippen molar-refractivity contribution in [1.82, 2.24) is 9.88 Å². The molecule has 2 atom stereocenters. The van der Waals surface area contributed by atoms with Crippen LogP contribution in [0.2, 0.25) is 0 Å². The van der Waals surface area contributed by atoms with Crippen molar-refractivity contribution in [3.05, 3.63) is 53.2 Å². The minimum atomic E-state index is -0.212. The quantitative estimate of drug-likeness (QED) is 0.869. The van der Waals surface area contributed by atoms with Crippen LogP contribution in [-0.4, -0.2) is 47.9 Å². The fourth-order valence-electron chi connectivity index (χ4n) is 4.28. The zero-order valence-corrected chi connectivity index (χ0v) is 17.3. The van der Waals surface area contributed by atoms with Crippen LogP contribution in [0.1, 0.15) is 23.1 Å². The summed E-state index contributed by atoms with van der Waals surface area (Å²) in [4.78, 5) is 34.0. The molecular formula is C23H28N4O2. The fraction of sp³-hybridized carbons (Fsp3) is 0.435. The van der Waals surface area contributed by atoms with Gasteiger partial charge in [-0.3, -0.25) is 9.59 Å². The molecule has 1 aromatic heterocycles. The van der Waals surface area contributed by atoms with Gasteiger partial charge in [-0.05, 0) is 50.5 Å². The van der Waals surface area contributed by atoms with E-state index in [4.69, 9.17) is 0 Å². The minimum absolute atomic E-state index is 0.0366. The number of amides is 2. The first kappa shape index (κ1) is 19.4. The second-order valence-electron chi connectivity index (χ2n) is 8.21. The third-order valence-electron chi connectivity index (χ3n) is 5.93. The first-order chi connectivity index (χ1) is 13.9. The van der Waals surface area contributed by atoms with Crippen molar-refractivity contribution in [3.8, 4) is 0 Å². The summed E-state index contributed by atoms with van der Waals surface area (Å²) in [5, 5.41) is 3.06. The first-order valence-electron chi connectivity index (χ1n) is 10.3. The van der Waals surface area contributed by atoms with Gasteiger partial charge in [-0.15, -0.1) is 0 Å². The summed E-state index contributed by atoms with van der Waals surface area (Å²) in [5.41, 5.74) is 4.18. The third-order valence-corrected chi connectivity index (χ3v) is 5.93. The average molecular weight is 393 g/mol. The number of aryl methyl sites for hydroxylation is 3. The molecule has 6 heteroatoms. The Bertz CT molecular complexity index is 897. The smallest absolute Gasteiger partial charge is 0.228 e. The third kappa shape index (κ3) is 4.11. The Morgan fingerprint density at radius 3 is 2.31 bits per heavy atom. The van der Waals surface area contributed by atoms with Crippen LogP contribution in [0, 0.1) is 32.6 Å². The van der Waals surface area contributed by atoms with Gasteiger partial charge in [0.25, 0.3) is 0 Å². The van der Waals surface area contributed by atoms with Gasteiger partial charge < -0.3 is 15.1 Å². The van der Waals surface area contributed by atoms with Crippen molar-refractivity contribution >= 4 is 23.3 Å². The summed E-state index contributed by atoms with van der Waals surface area (Å²) < 4.78 is 0. The molecule has 6 nitrogen and oxygen atoms in total. The molecule has 4 rings (SSSR count). The number of aromatic nitrogens is 1. The van der Waals surface area contributed by atoms with E-state index in [1.54, 1.807) is 6.20 Å². The van der Waals surface area contributed by atoms with Crippen LogP contribution < -0.4 is 10.2 Å². The number of pyridine rings is 1. The minimum Gasteiger partial charge on any atom is -0.353 e. The predicted molar refractivity (Wildman–Crippen MR) is 114 cm³/mol. The lowest BCUT2D eigenvalue weighted by Crippen LogP contribution is -2.49. The molecule has 29 heavy (non-hydrogen) atoms. The Morgan fingerprint density at radius 1 is 1.00 bits per heavy atom. The van der Waals surface area contributed by atoms with Gasteiger partial charge in [-0.2, -0.15) is 0 Å². The van der Waals surface area contributed by atoms with Gasteiger partial charge in [0.15, 0.2) is 0 Å². The van der Waals surface area contributed by atoms with E-state index >= 15 is 0 Å². The lowest BCUT2D eigenvalue weighted by Gasteiger charge is -2.35. The average Bonchev–Trinajstić information content (AvgIpc) is 3.52. The van der Waals surface area contributed by atoms with E-state index in [1.165, 1.54) is 5.56 Å². The molecule has 2 aromatic rings. The normalized spacial score (nSPS) is 21.1. The largest absolute Gasteiger partial charge is 0.353 e. The van der Waals surface area contributed by atoms with E-state index in [9.17, 15) is 9.59 Å². The van der Waals surface area contributed by atoms with Crippen LogP contribution in [0.3, 0.4) is 0 Å². The van der Waals surface area contributed by atoms with E-state index < -0.39 is 0 Å². The number of nitrogens with zero attached hydrogens (tertiary/aromatic N) is 3. The molecule has 0 radical (unpaired) electrons. The first-order valence-corrected chi connectivity index (χ1v) is 10.3. The summed E-state index contributed by atoms with van der Waals surface area (Å²) in [5.74, 6) is 0.639. The highest BCUT2D eigenvalue weighted by molar-refractivity contribution is 6.00. The van der Waals surface area contributed by atoms with E-state index in [1.807, 2.05) is 36.9 Å². The standard InChI is InChI=1S/C23H28N4O2/c1-15-12-16(2)21(17(3)13-15)25-22(28)18-14-19(18)23(29)27-10-8-26(9-11-27)20-6-4-5-7-24-20/h4-7,12-13,18-19H,8-11,14H2,1-3H3,(H,25,28). The number of nitrogens with one attached hydrogen (secondary N) is 1. The Balaban J connectivity index is 1.31. The van der Waals surface area contributed by atoms with Crippen molar-refractivity contribution in [2.75, 3.05) is 36.4 Å². The Hall–Kier alpha value is -2.89. The molecular weight excluding hydrogens is 364 g/mol. The number of hydrogen-bond donors (Lipinski definition) is 1. The monoisotopic (exact) mass is 392 g/mol. The number of anilines is 2. The fourth-order valence-corrected chi connectivity index (χ4v) is 4.28. The van der Waals surface area contributed by atoms with Crippen LogP contribution in [0.25, 0.3) is 0 Å². The van der Waals surface area contributed by atoms with Gasteiger partial charge in [0.2, 0.25) is 11.8 Å². The number of carbonyl (C=O) groups is 2. The van der Waals surface area contributed by atoms with Gasteiger partial charge in [0.05, 0.1) is 11.8 Å². The highest BCUT2D eigenvalue weighted by atomic mass is 16.2. The Morgan fingerprint density at radius 2 is 1.69 bits per heavy atom. The predicted octanol–water partition coefficient (Wildman–Crippen LogP) is 2.93. The van der Waals surface area contributed by atoms with Crippen molar-refractivity contribution in [2.24, 2.45) is 11.8 Å². The van der Waals surface area contributed by atoms with Crippen molar-refractivity contribution in [3.63, 3.8) is 0 Å². The molecule has 1 aliphatic carbocycles. The molecule has 2 amide bonds. The molecule has 1 aliphatic heterocycles. The molecule has 2 heterocycles. The van der Waals surface area contributed by atoms with E-state index in [-0.39, 0.29) is 23.7 Å². The van der Waals surface area contributed by atoms with Crippen LogP contribution in [0.4, 0.5) is 11.5 Å². The SMILES string of the molecule is Cc1cc(C)c(NC(=O)C2CC2C(=O)N2CCN(c3ccccn3)CC2)c(C)c1. The number of hydrogen-bond acceptors (Lipinski definition) is 4. The summed E-state index contributed by atoms with van der Waals surface area (Å²) in [6.45, 7) is 8.96. The lowest BCUT2D eigenvalue weighted by molar-refractivity contribution is -0.134. The second-order valence-corrected chi connectivity index (χ2v) is 8.21. The molecule has 2 fully saturated rings. The highest BCUT2D eigenvalue weighted by Gasteiger charge is 2.49. The molecule has 0 bridgehead atoms. The lowest BCUT2D eigenvalue weighted by atomic mass is 10.0. The highest BCUT2D eigenvalue weighted by Crippen LogP contribution is 2.41. The van der Waals surface area contributed by atoms with Gasteiger partial charge in [0, 0.05) is 38.1 Å². The van der Waals surface area contributed by atoms with Crippen LogP contribution in [0.5, 0.6) is 0 Å². The zero-order valence-electron chi connectivity index (χ0n) is 17.3. The molecule has 2 aliphatic rings. The van der Waals surface area contributed by atoms with Crippen LogP contribution >= 0.6 is 0 Å².